The summed E-state index contributed by atoms with van der Waals surface area (Å²) in [6.07, 6.45) is 0. The Labute approximate surface area is 133 Å². The zero-order valence-corrected chi connectivity index (χ0v) is 12.9. The van der Waals surface area contributed by atoms with Gasteiger partial charge in [0.2, 0.25) is 0 Å². The molecule has 23 heavy (non-hydrogen) atoms. The lowest BCUT2D eigenvalue weighted by Crippen LogP contribution is -2.40. The fraction of sp³-hybridized carbons (Fsp3) is 0.235. The normalized spacial score (nSPS) is 13.3. The maximum atomic E-state index is 13.4. The third kappa shape index (κ3) is 4.26. The molecule has 0 aromatic heterocycles. The highest BCUT2D eigenvalue weighted by molar-refractivity contribution is 5.90. The van der Waals surface area contributed by atoms with Gasteiger partial charge in [0.15, 0.2) is 0 Å². The molecule has 1 atom stereocenters. The Morgan fingerprint density at radius 3 is 2.48 bits per heavy atom. The molecule has 6 heteroatoms. The van der Waals surface area contributed by atoms with Crippen molar-refractivity contribution in [2.75, 3.05) is 11.9 Å². The summed E-state index contributed by atoms with van der Waals surface area (Å²) in [5.74, 6) is -0.821. The van der Waals surface area contributed by atoms with E-state index < -0.39 is 23.3 Å². The van der Waals surface area contributed by atoms with Gasteiger partial charge in [-0.05, 0) is 43.7 Å². The summed E-state index contributed by atoms with van der Waals surface area (Å²) >= 11 is 0. The Morgan fingerprint density at radius 2 is 1.83 bits per heavy atom. The van der Waals surface area contributed by atoms with E-state index in [9.17, 15) is 18.7 Å². The molecule has 0 saturated carbocycles. The fourth-order valence-electron chi connectivity index (χ4n) is 2.07. The molecule has 0 aliphatic carbocycles. The predicted molar refractivity (Wildman–Crippen MR) is 84.1 cm³/mol. The van der Waals surface area contributed by atoms with Crippen molar-refractivity contribution in [3.05, 3.63) is 65.2 Å². The van der Waals surface area contributed by atoms with Crippen LogP contribution in [-0.2, 0) is 5.60 Å². The van der Waals surface area contributed by atoms with Crippen LogP contribution in [0.25, 0.3) is 0 Å². The third-order valence-electron chi connectivity index (χ3n) is 3.58. The first-order valence-electron chi connectivity index (χ1n) is 7.08. The molecule has 0 saturated heterocycles. The van der Waals surface area contributed by atoms with Gasteiger partial charge >= 0.3 is 6.03 Å². The molecule has 0 spiro atoms. The quantitative estimate of drug-likeness (QED) is 0.809. The number of anilines is 1. The molecular formula is C17H18F2N2O2. The van der Waals surface area contributed by atoms with Gasteiger partial charge in [0.05, 0.1) is 6.54 Å². The van der Waals surface area contributed by atoms with E-state index in [1.807, 2.05) is 0 Å². The average Bonchev–Trinajstić information content (AvgIpc) is 2.50. The lowest BCUT2D eigenvalue weighted by molar-refractivity contribution is 0.0599. The Balaban J connectivity index is 1.98. The van der Waals surface area contributed by atoms with Crippen LogP contribution in [-0.4, -0.2) is 17.7 Å². The maximum absolute atomic E-state index is 13.4. The summed E-state index contributed by atoms with van der Waals surface area (Å²) in [4.78, 5) is 11.9. The van der Waals surface area contributed by atoms with E-state index in [4.69, 9.17) is 0 Å². The molecule has 1 unspecified atom stereocenters. The second kappa shape index (κ2) is 6.75. The number of hydrogen-bond acceptors (Lipinski definition) is 2. The molecule has 0 radical (unpaired) electrons. The number of urea groups is 1. The number of nitrogens with one attached hydrogen (secondary N) is 2. The van der Waals surface area contributed by atoms with Crippen molar-refractivity contribution in [3.8, 4) is 0 Å². The molecule has 2 aromatic rings. The van der Waals surface area contributed by atoms with Crippen molar-refractivity contribution >= 4 is 11.7 Å². The Kier molecular flexibility index (Phi) is 4.95. The van der Waals surface area contributed by atoms with Crippen LogP contribution in [0.2, 0.25) is 0 Å². The average molecular weight is 320 g/mol. The van der Waals surface area contributed by atoms with Crippen LogP contribution in [0.5, 0.6) is 0 Å². The fourth-order valence-corrected chi connectivity index (χ4v) is 2.07. The van der Waals surface area contributed by atoms with Gasteiger partial charge in [-0.3, -0.25) is 0 Å². The van der Waals surface area contributed by atoms with E-state index in [0.717, 1.165) is 0 Å². The third-order valence-corrected chi connectivity index (χ3v) is 3.58. The van der Waals surface area contributed by atoms with Crippen molar-refractivity contribution in [1.82, 2.24) is 5.32 Å². The van der Waals surface area contributed by atoms with E-state index in [1.165, 1.54) is 43.3 Å². The minimum atomic E-state index is -1.36. The second-order valence-electron chi connectivity index (χ2n) is 5.50. The topological polar surface area (TPSA) is 61.4 Å². The molecule has 0 aliphatic rings. The standard InChI is InChI=1S/C17H18F2N2O2/c1-11-14(19)4-3-5-15(11)21-16(22)20-10-17(2,23)12-6-8-13(18)9-7-12/h3-9,23H,10H2,1-2H3,(H2,20,21,22). The van der Waals surface area contributed by atoms with Crippen LogP contribution in [0.4, 0.5) is 19.3 Å². The van der Waals surface area contributed by atoms with Crippen LogP contribution in [0.1, 0.15) is 18.1 Å². The molecule has 0 aliphatic heterocycles. The molecule has 122 valence electrons. The van der Waals surface area contributed by atoms with Gasteiger partial charge in [0, 0.05) is 11.3 Å². The number of aliphatic hydroxyl groups is 1. The molecular weight excluding hydrogens is 302 g/mol. The number of hydrogen-bond donors (Lipinski definition) is 3. The van der Waals surface area contributed by atoms with Crippen LogP contribution < -0.4 is 10.6 Å². The maximum Gasteiger partial charge on any atom is 0.319 e. The molecule has 0 fully saturated rings. The first-order chi connectivity index (χ1) is 10.8. The van der Waals surface area contributed by atoms with E-state index in [1.54, 1.807) is 13.0 Å². The van der Waals surface area contributed by atoms with Crippen molar-refractivity contribution in [1.29, 1.82) is 0 Å². The number of halogens is 2. The van der Waals surface area contributed by atoms with Gasteiger partial charge in [-0.1, -0.05) is 18.2 Å². The Bertz CT molecular complexity index is 700. The number of amides is 2. The van der Waals surface area contributed by atoms with Gasteiger partial charge in [-0.2, -0.15) is 0 Å². The highest BCUT2D eigenvalue weighted by Crippen LogP contribution is 2.20. The van der Waals surface area contributed by atoms with Crippen molar-refractivity contribution in [2.24, 2.45) is 0 Å². The van der Waals surface area contributed by atoms with Gasteiger partial charge in [-0.15, -0.1) is 0 Å². The minimum absolute atomic E-state index is 0.0845. The van der Waals surface area contributed by atoms with Gasteiger partial charge in [0.1, 0.15) is 17.2 Å². The van der Waals surface area contributed by atoms with Gasteiger partial charge in [0.25, 0.3) is 0 Å². The van der Waals surface area contributed by atoms with E-state index in [2.05, 4.69) is 10.6 Å². The predicted octanol–water partition coefficient (Wildman–Crippen LogP) is 3.30. The first kappa shape index (κ1) is 16.9. The Morgan fingerprint density at radius 1 is 1.17 bits per heavy atom. The molecule has 2 rings (SSSR count). The second-order valence-corrected chi connectivity index (χ2v) is 5.50. The van der Waals surface area contributed by atoms with Crippen LogP contribution in [0.15, 0.2) is 42.5 Å². The smallest absolute Gasteiger partial charge is 0.319 e. The highest BCUT2D eigenvalue weighted by Gasteiger charge is 2.24. The number of benzene rings is 2. The summed E-state index contributed by atoms with van der Waals surface area (Å²) in [7, 11) is 0. The first-order valence-corrected chi connectivity index (χ1v) is 7.08. The molecule has 0 heterocycles. The molecule has 2 aromatic carbocycles. The zero-order chi connectivity index (χ0) is 17.0. The van der Waals surface area contributed by atoms with Crippen molar-refractivity contribution in [3.63, 3.8) is 0 Å². The SMILES string of the molecule is Cc1c(F)cccc1NC(=O)NCC(C)(O)c1ccc(F)cc1. The number of carbonyl (C=O) groups excluding carboxylic acids is 1. The van der Waals surface area contributed by atoms with Crippen molar-refractivity contribution < 1.29 is 18.7 Å². The number of carbonyl (C=O) groups is 1. The lowest BCUT2D eigenvalue weighted by Gasteiger charge is -2.24. The largest absolute Gasteiger partial charge is 0.384 e. The molecule has 2 amide bonds. The minimum Gasteiger partial charge on any atom is -0.384 e. The van der Waals surface area contributed by atoms with Gasteiger partial charge < -0.3 is 15.7 Å². The Hall–Kier alpha value is -2.47. The summed E-state index contributed by atoms with van der Waals surface area (Å²) in [5.41, 5.74) is -0.208. The van der Waals surface area contributed by atoms with E-state index in [0.29, 0.717) is 16.8 Å². The van der Waals surface area contributed by atoms with E-state index in [-0.39, 0.29) is 6.54 Å². The summed E-state index contributed by atoms with van der Waals surface area (Å²) in [6.45, 7) is 2.98. The molecule has 4 nitrogen and oxygen atoms in total. The highest BCUT2D eigenvalue weighted by atomic mass is 19.1. The van der Waals surface area contributed by atoms with Crippen LogP contribution in [0.3, 0.4) is 0 Å². The molecule has 0 bridgehead atoms. The van der Waals surface area contributed by atoms with Crippen LogP contribution in [0, 0.1) is 18.6 Å². The monoisotopic (exact) mass is 320 g/mol. The van der Waals surface area contributed by atoms with E-state index >= 15 is 0 Å². The summed E-state index contributed by atoms with van der Waals surface area (Å²) in [5, 5.41) is 15.4. The lowest BCUT2D eigenvalue weighted by atomic mass is 9.96. The van der Waals surface area contributed by atoms with Crippen LogP contribution >= 0.6 is 0 Å². The van der Waals surface area contributed by atoms with Gasteiger partial charge in [-0.25, -0.2) is 13.6 Å². The zero-order valence-electron chi connectivity index (χ0n) is 12.9. The number of rotatable bonds is 4. The van der Waals surface area contributed by atoms with Crippen molar-refractivity contribution in [2.45, 2.75) is 19.4 Å². The summed E-state index contributed by atoms with van der Waals surface area (Å²) < 4.78 is 26.3. The summed E-state index contributed by atoms with van der Waals surface area (Å²) in [6, 6.07) is 9.18. The molecule has 3 N–H and O–H groups in total.